The second-order valence-corrected chi connectivity index (χ2v) is 5.14. The molecule has 0 saturated carbocycles. The highest BCUT2D eigenvalue weighted by atomic mass is 16.6. The quantitative estimate of drug-likeness (QED) is 0.682. The van der Waals surface area contributed by atoms with Crippen molar-refractivity contribution in [2.45, 2.75) is 37.4 Å². The maximum Gasteiger partial charge on any atom is 0.246 e. The van der Waals surface area contributed by atoms with Crippen LogP contribution in [0.4, 0.5) is 0 Å². The zero-order valence-corrected chi connectivity index (χ0v) is 11.1. The molecular weight excluding hydrogens is 246 g/mol. The average molecular weight is 267 g/mol. The Morgan fingerprint density at radius 2 is 2.32 bits per heavy atom. The molecule has 106 valence electrons. The first-order valence-corrected chi connectivity index (χ1v) is 6.84. The Bertz CT molecular complexity index is 348. The van der Waals surface area contributed by atoms with E-state index in [-0.39, 0.29) is 24.2 Å². The van der Waals surface area contributed by atoms with Crippen LogP contribution in [0.25, 0.3) is 0 Å². The van der Waals surface area contributed by atoms with Crippen LogP contribution in [0, 0.1) is 11.3 Å². The van der Waals surface area contributed by atoms with Crippen LogP contribution < -0.4 is 10.6 Å². The van der Waals surface area contributed by atoms with Crippen molar-refractivity contribution in [3.8, 4) is 6.07 Å². The number of amides is 1. The van der Waals surface area contributed by atoms with E-state index in [1.807, 2.05) is 6.07 Å². The van der Waals surface area contributed by atoms with E-state index in [4.69, 9.17) is 14.7 Å². The number of ether oxygens (including phenoxy) is 2. The van der Waals surface area contributed by atoms with Gasteiger partial charge >= 0.3 is 0 Å². The van der Waals surface area contributed by atoms with Gasteiger partial charge in [-0.2, -0.15) is 5.26 Å². The first-order valence-electron chi connectivity index (χ1n) is 6.84. The molecular formula is C13H21N3O3. The van der Waals surface area contributed by atoms with Gasteiger partial charge in [0.05, 0.1) is 30.8 Å². The first-order chi connectivity index (χ1) is 9.24. The lowest BCUT2D eigenvalue weighted by Crippen LogP contribution is -2.41. The first kappa shape index (κ1) is 14.3. The van der Waals surface area contributed by atoms with Crippen LogP contribution >= 0.6 is 0 Å². The molecule has 1 unspecified atom stereocenters. The Balaban J connectivity index is 1.65. The number of nitriles is 1. The van der Waals surface area contributed by atoms with Crippen molar-refractivity contribution in [2.75, 3.05) is 32.8 Å². The van der Waals surface area contributed by atoms with E-state index in [0.29, 0.717) is 19.6 Å². The van der Waals surface area contributed by atoms with Crippen molar-refractivity contribution in [2.24, 2.45) is 0 Å². The van der Waals surface area contributed by atoms with Gasteiger partial charge in [-0.15, -0.1) is 0 Å². The van der Waals surface area contributed by atoms with Crippen molar-refractivity contribution >= 4 is 5.91 Å². The smallest absolute Gasteiger partial charge is 0.246 e. The Morgan fingerprint density at radius 1 is 1.53 bits per heavy atom. The molecule has 19 heavy (non-hydrogen) atoms. The van der Waals surface area contributed by atoms with E-state index in [2.05, 4.69) is 10.6 Å². The third kappa shape index (κ3) is 4.16. The third-order valence-electron chi connectivity index (χ3n) is 3.70. The molecule has 2 rings (SSSR count). The minimum Gasteiger partial charge on any atom is -0.372 e. The molecule has 6 heteroatoms. The number of hydrogen-bond donors (Lipinski definition) is 2. The molecule has 0 radical (unpaired) electrons. The molecule has 2 fully saturated rings. The molecule has 1 spiro atoms. The lowest BCUT2D eigenvalue weighted by Gasteiger charge is -2.32. The van der Waals surface area contributed by atoms with Crippen LogP contribution in [-0.4, -0.2) is 50.5 Å². The third-order valence-corrected chi connectivity index (χ3v) is 3.70. The zero-order valence-electron chi connectivity index (χ0n) is 11.1. The summed E-state index contributed by atoms with van der Waals surface area (Å²) in [5, 5.41) is 14.3. The largest absolute Gasteiger partial charge is 0.372 e. The summed E-state index contributed by atoms with van der Waals surface area (Å²) in [6, 6.07) is 1.98. The number of rotatable bonds is 5. The molecule has 2 saturated heterocycles. The topological polar surface area (TPSA) is 83.4 Å². The lowest BCUT2D eigenvalue weighted by atomic mass is 9.89. The van der Waals surface area contributed by atoms with Crippen LogP contribution in [0.1, 0.15) is 25.7 Å². The van der Waals surface area contributed by atoms with E-state index in [9.17, 15) is 4.79 Å². The van der Waals surface area contributed by atoms with Crippen molar-refractivity contribution in [3.63, 3.8) is 0 Å². The van der Waals surface area contributed by atoms with E-state index >= 15 is 0 Å². The van der Waals surface area contributed by atoms with Gasteiger partial charge in [-0.05, 0) is 25.9 Å². The number of hydrogen-bond acceptors (Lipinski definition) is 5. The van der Waals surface area contributed by atoms with Gasteiger partial charge in [0.25, 0.3) is 0 Å². The Hall–Kier alpha value is -1.16. The average Bonchev–Trinajstić information content (AvgIpc) is 2.81. The van der Waals surface area contributed by atoms with Gasteiger partial charge in [-0.1, -0.05) is 0 Å². The standard InChI is InChI=1S/C13H21N3O3/c14-4-1-5-16-12(17)10-18-11-8-13(19-9-11)2-6-15-7-3-13/h11,15H,1-3,5-10H2,(H,16,17). The summed E-state index contributed by atoms with van der Waals surface area (Å²) in [6.45, 7) is 2.98. The van der Waals surface area contributed by atoms with Gasteiger partial charge in [0, 0.05) is 13.0 Å². The molecule has 1 atom stereocenters. The van der Waals surface area contributed by atoms with Crippen LogP contribution in [-0.2, 0) is 14.3 Å². The van der Waals surface area contributed by atoms with Gasteiger partial charge in [0.2, 0.25) is 5.91 Å². The Morgan fingerprint density at radius 3 is 3.05 bits per heavy atom. The molecule has 2 heterocycles. The number of piperidine rings is 1. The second-order valence-electron chi connectivity index (χ2n) is 5.14. The summed E-state index contributed by atoms with van der Waals surface area (Å²) in [5.74, 6) is -0.165. The van der Waals surface area contributed by atoms with Crippen molar-refractivity contribution in [3.05, 3.63) is 0 Å². The number of carbonyl (C=O) groups excluding carboxylic acids is 1. The molecule has 2 aliphatic heterocycles. The molecule has 2 N–H and O–H groups in total. The van der Waals surface area contributed by atoms with Crippen LogP contribution in [0.3, 0.4) is 0 Å². The highest BCUT2D eigenvalue weighted by Crippen LogP contribution is 2.34. The summed E-state index contributed by atoms with van der Waals surface area (Å²) < 4.78 is 11.5. The molecule has 0 aliphatic carbocycles. The monoisotopic (exact) mass is 267 g/mol. The van der Waals surface area contributed by atoms with Crippen molar-refractivity contribution in [1.82, 2.24) is 10.6 Å². The molecule has 0 aromatic rings. The maximum atomic E-state index is 11.4. The number of nitrogens with one attached hydrogen (secondary N) is 2. The molecule has 0 aromatic carbocycles. The van der Waals surface area contributed by atoms with E-state index in [0.717, 1.165) is 32.4 Å². The minimum atomic E-state index is -0.165. The van der Waals surface area contributed by atoms with Crippen molar-refractivity contribution in [1.29, 1.82) is 5.26 Å². The van der Waals surface area contributed by atoms with E-state index in [1.54, 1.807) is 0 Å². The number of nitrogens with zero attached hydrogens (tertiary/aromatic N) is 1. The highest BCUT2D eigenvalue weighted by Gasteiger charge is 2.41. The summed E-state index contributed by atoms with van der Waals surface area (Å²) in [7, 11) is 0. The van der Waals surface area contributed by atoms with Gasteiger partial charge in [0.1, 0.15) is 6.61 Å². The normalized spacial score (nSPS) is 25.1. The molecule has 1 amide bonds. The van der Waals surface area contributed by atoms with E-state index in [1.165, 1.54) is 0 Å². The fraction of sp³-hybridized carbons (Fsp3) is 0.846. The molecule has 0 bridgehead atoms. The molecule has 0 aromatic heterocycles. The van der Waals surface area contributed by atoms with Crippen molar-refractivity contribution < 1.29 is 14.3 Å². The summed E-state index contributed by atoms with van der Waals surface area (Å²) in [4.78, 5) is 11.4. The van der Waals surface area contributed by atoms with E-state index < -0.39 is 0 Å². The van der Waals surface area contributed by atoms with Gasteiger partial charge in [-0.25, -0.2) is 0 Å². The fourth-order valence-corrected chi connectivity index (χ4v) is 2.64. The Kier molecular flexibility index (Phi) is 5.14. The zero-order chi connectivity index (χ0) is 13.6. The second kappa shape index (κ2) is 6.85. The van der Waals surface area contributed by atoms with Crippen LogP contribution in [0.15, 0.2) is 0 Å². The van der Waals surface area contributed by atoms with Crippen LogP contribution in [0.2, 0.25) is 0 Å². The summed E-state index contributed by atoms with van der Waals surface area (Å²) in [6.07, 6.45) is 3.25. The van der Waals surface area contributed by atoms with Crippen LogP contribution in [0.5, 0.6) is 0 Å². The molecule has 2 aliphatic rings. The summed E-state index contributed by atoms with van der Waals surface area (Å²) >= 11 is 0. The SMILES string of the molecule is N#CCCNC(=O)COC1COC2(CCNCC2)C1. The minimum absolute atomic E-state index is 0.0137. The van der Waals surface area contributed by atoms with Gasteiger partial charge in [0.15, 0.2) is 0 Å². The van der Waals surface area contributed by atoms with Gasteiger partial charge < -0.3 is 20.1 Å². The van der Waals surface area contributed by atoms with Gasteiger partial charge in [-0.3, -0.25) is 4.79 Å². The fourth-order valence-electron chi connectivity index (χ4n) is 2.64. The molecule has 6 nitrogen and oxygen atoms in total. The summed E-state index contributed by atoms with van der Waals surface area (Å²) in [5.41, 5.74) is -0.0345. The highest BCUT2D eigenvalue weighted by molar-refractivity contribution is 5.77. The maximum absolute atomic E-state index is 11.4. The lowest BCUT2D eigenvalue weighted by molar-refractivity contribution is -0.127. The Labute approximate surface area is 113 Å². The predicted molar refractivity (Wildman–Crippen MR) is 68.4 cm³/mol. The predicted octanol–water partition coefficient (Wildman–Crippen LogP) is -0.0560. The number of carbonyl (C=O) groups is 1.